The molecule has 3 nitrogen and oxygen atoms in total. The molecule has 0 aromatic rings. The maximum Gasteiger partial charge on any atom is 0.320 e. The van der Waals surface area contributed by atoms with Gasteiger partial charge < -0.3 is 5.11 Å². The van der Waals surface area contributed by atoms with E-state index in [-0.39, 0.29) is 0 Å². The molecule has 0 bridgehead atoms. The zero-order valence-corrected chi connectivity index (χ0v) is 7.45. The molecule has 2 atom stereocenters. The Kier molecular flexibility index (Phi) is 4.58. The highest BCUT2D eigenvalue weighted by Crippen LogP contribution is 2.05. The van der Waals surface area contributed by atoms with Gasteiger partial charge in [0, 0.05) is 0 Å². The zero-order valence-electron chi connectivity index (χ0n) is 6.29. The van der Waals surface area contributed by atoms with E-state index >= 15 is 0 Å². The number of nitrogens with one attached hydrogen (secondary N) is 1. The van der Waals surface area contributed by atoms with E-state index in [1.54, 1.807) is 0 Å². The van der Waals surface area contributed by atoms with Crippen LogP contribution in [0.3, 0.4) is 0 Å². The first-order valence-electron chi connectivity index (χ1n) is 3.26. The summed E-state index contributed by atoms with van der Waals surface area (Å²) in [4.78, 5) is 10.4. The fourth-order valence-corrected chi connectivity index (χ4v) is 0.990. The summed E-state index contributed by atoms with van der Waals surface area (Å²) in [6.45, 7) is 4.00. The van der Waals surface area contributed by atoms with Crippen LogP contribution >= 0.6 is 9.39 Å². The van der Waals surface area contributed by atoms with E-state index in [0.29, 0.717) is 12.3 Å². The number of carbonyl (C=O) groups is 1. The molecule has 60 valence electrons. The van der Waals surface area contributed by atoms with Crippen molar-refractivity contribution >= 4 is 15.4 Å². The Morgan fingerprint density at radius 3 is 2.30 bits per heavy atom. The summed E-state index contributed by atoms with van der Waals surface area (Å²) in [6, 6.07) is -0.426. The largest absolute Gasteiger partial charge is 0.480 e. The van der Waals surface area contributed by atoms with E-state index in [1.807, 2.05) is 13.8 Å². The smallest absolute Gasteiger partial charge is 0.320 e. The molecule has 2 unspecified atom stereocenters. The molecule has 0 radical (unpaired) electrons. The lowest BCUT2D eigenvalue weighted by atomic mass is 10.1. The topological polar surface area (TPSA) is 49.3 Å². The Labute approximate surface area is 63.5 Å². The maximum atomic E-state index is 10.4. The van der Waals surface area contributed by atoms with Gasteiger partial charge in [-0.2, -0.15) is 0 Å². The van der Waals surface area contributed by atoms with Crippen LogP contribution in [0.2, 0.25) is 0 Å². The minimum Gasteiger partial charge on any atom is -0.480 e. The van der Waals surface area contributed by atoms with Crippen molar-refractivity contribution in [3.8, 4) is 0 Å². The van der Waals surface area contributed by atoms with E-state index in [2.05, 4.69) is 14.5 Å². The lowest BCUT2D eigenvalue weighted by Crippen LogP contribution is -2.31. The first-order valence-corrected chi connectivity index (χ1v) is 3.84. The van der Waals surface area contributed by atoms with Crippen LogP contribution in [-0.4, -0.2) is 17.1 Å². The molecule has 0 aliphatic heterocycles. The van der Waals surface area contributed by atoms with E-state index in [4.69, 9.17) is 5.11 Å². The third kappa shape index (κ3) is 3.80. The van der Waals surface area contributed by atoms with Crippen molar-refractivity contribution in [3.05, 3.63) is 0 Å². The molecule has 0 aliphatic rings. The third-order valence-electron chi connectivity index (χ3n) is 1.21. The average molecular weight is 163 g/mol. The number of aliphatic carboxylic acids is 1. The van der Waals surface area contributed by atoms with Crippen LogP contribution in [-0.2, 0) is 4.79 Å². The predicted molar refractivity (Wildman–Crippen MR) is 43.7 cm³/mol. The second-order valence-corrected chi connectivity index (χ2v) is 3.02. The van der Waals surface area contributed by atoms with Gasteiger partial charge in [0.1, 0.15) is 6.04 Å². The van der Waals surface area contributed by atoms with Crippen LogP contribution in [0.4, 0.5) is 0 Å². The molecular weight excluding hydrogens is 149 g/mol. The molecule has 0 saturated heterocycles. The standard InChI is InChI=1S/C6H14NO2P/c1-4(2)3-5(7-10)6(8)9/h4-5,7H,3,10H2,1-2H3,(H,8,9). The molecule has 0 amide bonds. The third-order valence-corrected chi connectivity index (χ3v) is 1.61. The minimum absolute atomic E-state index is 0.411. The summed E-state index contributed by atoms with van der Waals surface area (Å²) < 4.78 is 0. The zero-order chi connectivity index (χ0) is 8.15. The van der Waals surface area contributed by atoms with Crippen LogP contribution in [0.25, 0.3) is 0 Å². The second-order valence-electron chi connectivity index (χ2n) is 2.69. The van der Waals surface area contributed by atoms with Gasteiger partial charge in [0.2, 0.25) is 0 Å². The van der Waals surface area contributed by atoms with Crippen LogP contribution in [0.15, 0.2) is 0 Å². The van der Waals surface area contributed by atoms with Crippen LogP contribution < -0.4 is 5.09 Å². The molecule has 0 aromatic heterocycles. The van der Waals surface area contributed by atoms with E-state index in [0.717, 1.165) is 0 Å². The summed E-state index contributed by atoms with van der Waals surface area (Å²) in [5, 5.41) is 11.2. The number of hydrogen-bond acceptors (Lipinski definition) is 2. The predicted octanol–water partition coefficient (Wildman–Crippen LogP) is 0.865. The summed E-state index contributed by atoms with van der Waals surface area (Å²) in [6.07, 6.45) is 0.666. The number of carboxylic acids is 1. The molecule has 0 saturated carbocycles. The number of hydrogen-bond donors (Lipinski definition) is 2. The highest BCUT2D eigenvalue weighted by atomic mass is 31.0. The summed E-state index contributed by atoms with van der Waals surface area (Å²) in [5.74, 6) is -0.377. The molecule has 4 heteroatoms. The average Bonchev–Trinajstić information content (AvgIpc) is 1.81. The molecule has 0 aliphatic carbocycles. The molecule has 0 spiro atoms. The lowest BCUT2D eigenvalue weighted by Gasteiger charge is -2.12. The van der Waals surface area contributed by atoms with E-state index in [9.17, 15) is 4.79 Å². The Balaban J connectivity index is 3.72. The van der Waals surface area contributed by atoms with Crippen molar-refractivity contribution < 1.29 is 9.90 Å². The van der Waals surface area contributed by atoms with Crippen molar-refractivity contribution in [1.82, 2.24) is 5.09 Å². The summed E-state index contributed by atoms with van der Waals surface area (Å²) in [5.41, 5.74) is 0. The van der Waals surface area contributed by atoms with Crippen molar-refractivity contribution in [2.75, 3.05) is 0 Å². The van der Waals surface area contributed by atoms with E-state index < -0.39 is 12.0 Å². The number of carboxylic acid groups (broad SMARTS) is 1. The molecule has 0 rings (SSSR count). The van der Waals surface area contributed by atoms with Crippen molar-refractivity contribution in [1.29, 1.82) is 0 Å². The van der Waals surface area contributed by atoms with Gasteiger partial charge in [-0.05, 0) is 12.3 Å². The SMILES string of the molecule is CC(C)CC(NP)C(=O)O. The molecule has 2 N–H and O–H groups in total. The summed E-state index contributed by atoms with van der Waals surface area (Å²) in [7, 11) is 2.22. The van der Waals surface area contributed by atoms with Crippen molar-refractivity contribution in [2.45, 2.75) is 26.3 Å². The van der Waals surface area contributed by atoms with Crippen LogP contribution in [0.1, 0.15) is 20.3 Å². The first-order chi connectivity index (χ1) is 4.57. The Hall–Kier alpha value is -0.140. The van der Waals surface area contributed by atoms with Gasteiger partial charge >= 0.3 is 5.97 Å². The highest BCUT2D eigenvalue weighted by Gasteiger charge is 2.15. The number of rotatable bonds is 4. The molecule has 10 heavy (non-hydrogen) atoms. The van der Waals surface area contributed by atoms with Crippen molar-refractivity contribution in [3.63, 3.8) is 0 Å². The Morgan fingerprint density at radius 2 is 2.20 bits per heavy atom. The second kappa shape index (κ2) is 4.64. The monoisotopic (exact) mass is 163 g/mol. The summed E-state index contributed by atoms with van der Waals surface area (Å²) >= 11 is 0. The van der Waals surface area contributed by atoms with Gasteiger partial charge in [-0.1, -0.05) is 23.2 Å². The molecule has 0 heterocycles. The first kappa shape index (κ1) is 9.86. The maximum absolute atomic E-state index is 10.4. The Morgan fingerprint density at radius 1 is 1.70 bits per heavy atom. The fourth-order valence-electron chi connectivity index (χ4n) is 0.712. The van der Waals surface area contributed by atoms with Gasteiger partial charge in [-0.15, -0.1) is 0 Å². The van der Waals surface area contributed by atoms with Gasteiger partial charge in [0.15, 0.2) is 0 Å². The van der Waals surface area contributed by atoms with Gasteiger partial charge in [0.05, 0.1) is 0 Å². The fraction of sp³-hybridized carbons (Fsp3) is 0.833. The Bertz CT molecular complexity index is 116. The highest BCUT2D eigenvalue weighted by molar-refractivity contribution is 7.13. The van der Waals surface area contributed by atoms with Crippen LogP contribution in [0.5, 0.6) is 0 Å². The van der Waals surface area contributed by atoms with E-state index in [1.165, 1.54) is 0 Å². The molecule has 0 aromatic carbocycles. The normalized spacial score (nSPS) is 13.6. The quantitative estimate of drug-likeness (QED) is 0.604. The molecule has 0 fully saturated rings. The van der Waals surface area contributed by atoms with Crippen LogP contribution in [0, 0.1) is 5.92 Å². The molecular formula is C6H14NO2P. The lowest BCUT2D eigenvalue weighted by molar-refractivity contribution is -0.139. The van der Waals surface area contributed by atoms with Gasteiger partial charge in [-0.3, -0.25) is 9.88 Å². The van der Waals surface area contributed by atoms with Gasteiger partial charge in [0.25, 0.3) is 0 Å². The minimum atomic E-state index is -0.788. The van der Waals surface area contributed by atoms with Crippen molar-refractivity contribution in [2.24, 2.45) is 5.92 Å². The van der Waals surface area contributed by atoms with Gasteiger partial charge in [-0.25, -0.2) is 0 Å².